The van der Waals surface area contributed by atoms with E-state index < -0.39 is 6.03 Å². The van der Waals surface area contributed by atoms with Crippen molar-refractivity contribution in [2.75, 3.05) is 26.7 Å². The molecule has 0 radical (unpaired) electrons. The van der Waals surface area contributed by atoms with Gasteiger partial charge in [0.1, 0.15) is 12.4 Å². The summed E-state index contributed by atoms with van der Waals surface area (Å²) in [5, 5.41) is 4.78. The van der Waals surface area contributed by atoms with E-state index in [1.807, 2.05) is 36.2 Å². The molecule has 0 unspecified atom stereocenters. The van der Waals surface area contributed by atoms with Crippen molar-refractivity contribution >= 4 is 11.9 Å². The number of hydrogen-bond donors (Lipinski definition) is 2. The maximum atomic E-state index is 11.7. The Morgan fingerprint density at radius 3 is 2.59 bits per heavy atom. The van der Waals surface area contributed by atoms with Crippen LogP contribution in [0.25, 0.3) is 0 Å². The third-order valence-corrected chi connectivity index (χ3v) is 2.75. The van der Waals surface area contributed by atoms with Crippen molar-refractivity contribution in [3.8, 4) is 5.75 Å². The summed E-state index contributed by atoms with van der Waals surface area (Å²) >= 11 is 0. The molecule has 0 saturated heterocycles. The van der Waals surface area contributed by atoms with Gasteiger partial charge in [0.15, 0.2) is 0 Å². The van der Waals surface area contributed by atoms with Gasteiger partial charge in [0, 0.05) is 13.1 Å². The lowest BCUT2D eigenvalue weighted by Gasteiger charge is -2.16. The van der Waals surface area contributed by atoms with Crippen molar-refractivity contribution in [3.05, 3.63) is 42.5 Å². The predicted octanol–water partition coefficient (Wildman–Crippen LogP) is 1.53. The first-order valence-electron chi connectivity index (χ1n) is 7.14. The molecule has 0 aromatic heterocycles. The Labute approximate surface area is 131 Å². The number of likely N-dealkylation sites (N-methyl/N-ethyl adjacent to an activating group) is 1. The number of carbonyl (C=O) groups is 2. The van der Waals surface area contributed by atoms with E-state index in [1.165, 1.54) is 0 Å². The summed E-state index contributed by atoms with van der Waals surface area (Å²) in [5.41, 5.74) is 1.05. The van der Waals surface area contributed by atoms with E-state index >= 15 is 0 Å². The van der Waals surface area contributed by atoms with Gasteiger partial charge in [0.2, 0.25) is 5.91 Å². The lowest BCUT2D eigenvalue weighted by molar-refractivity contribution is -0.120. The lowest BCUT2D eigenvalue weighted by atomic mass is 10.2. The summed E-state index contributed by atoms with van der Waals surface area (Å²) in [4.78, 5) is 24.7. The molecule has 0 heterocycles. The molecule has 0 bridgehead atoms. The molecule has 6 nitrogen and oxygen atoms in total. The minimum Gasteiger partial charge on any atom is -0.490 e. The Morgan fingerprint density at radius 2 is 2.00 bits per heavy atom. The van der Waals surface area contributed by atoms with Gasteiger partial charge >= 0.3 is 6.03 Å². The smallest absolute Gasteiger partial charge is 0.321 e. The molecule has 2 N–H and O–H groups in total. The highest BCUT2D eigenvalue weighted by molar-refractivity contribution is 5.95. The van der Waals surface area contributed by atoms with Crippen molar-refractivity contribution in [2.45, 2.75) is 13.5 Å². The fraction of sp³-hybridized carbons (Fsp3) is 0.375. The number of rotatable bonds is 8. The summed E-state index contributed by atoms with van der Waals surface area (Å²) in [6.07, 6.45) is 1.69. The van der Waals surface area contributed by atoms with Crippen LogP contribution in [0.15, 0.2) is 36.9 Å². The summed E-state index contributed by atoms with van der Waals surface area (Å²) in [6, 6.07) is 7.17. The zero-order valence-electron chi connectivity index (χ0n) is 13.1. The number of nitrogens with one attached hydrogen (secondary N) is 2. The number of imide groups is 1. The highest BCUT2D eigenvalue weighted by Gasteiger charge is 2.10. The first-order valence-corrected chi connectivity index (χ1v) is 7.14. The van der Waals surface area contributed by atoms with Gasteiger partial charge in [-0.15, -0.1) is 0 Å². The van der Waals surface area contributed by atoms with Crippen LogP contribution in [-0.2, 0) is 11.3 Å². The molecule has 0 spiro atoms. The van der Waals surface area contributed by atoms with Crippen molar-refractivity contribution in [1.29, 1.82) is 0 Å². The van der Waals surface area contributed by atoms with Crippen LogP contribution in [0.3, 0.4) is 0 Å². The molecule has 1 aromatic carbocycles. The number of nitrogens with zero attached hydrogens (tertiary/aromatic N) is 1. The molecule has 22 heavy (non-hydrogen) atoms. The van der Waals surface area contributed by atoms with Gasteiger partial charge in [-0.1, -0.05) is 24.8 Å². The molecular weight excluding hydrogens is 282 g/mol. The predicted molar refractivity (Wildman–Crippen MR) is 85.7 cm³/mol. The quantitative estimate of drug-likeness (QED) is 0.715. The average Bonchev–Trinajstić information content (AvgIpc) is 2.46. The molecule has 0 fully saturated rings. The fourth-order valence-electron chi connectivity index (χ4n) is 1.83. The molecule has 6 heteroatoms. The van der Waals surface area contributed by atoms with E-state index in [1.54, 1.807) is 13.0 Å². The second-order valence-electron chi connectivity index (χ2n) is 4.82. The Hall–Kier alpha value is -2.34. The third kappa shape index (κ3) is 6.90. The molecule has 0 aliphatic rings. The highest BCUT2D eigenvalue weighted by atomic mass is 16.5. The average molecular weight is 305 g/mol. The minimum atomic E-state index is -0.468. The minimum absolute atomic E-state index is 0.145. The maximum absolute atomic E-state index is 11.7. The fourth-order valence-corrected chi connectivity index (χ4v) is 1.83. The van der Waals surface area contributed by atoms with E-state index in [2.05, 4.69) is 17.2 Å². The molecule has 0 atom stereocenters. The summed E-state index contributed by atoms with van der Waals surface area (Å²) < 4.78 is 5.41. The van der Waals surface area contributed by atoms with Gasteiger partial charge in [-0.2, -0.15) is 0 Å². The van der Waals surface area contributed by atoms with E-state index in [0.717, 1.165) is 11.3 Å². The molecule has 0 saturated carbocycles. The van der Waals surface area contributed by atoms with Gasteiger partial charge in [0.05, 0.1) is 6.54 Å². The SMILES string of the molecule is C=CCOc1ccc(CN(C)CC(=O)NC(=O)NCC)cc1. The number of amides is 3. The van der Waals surface area contributed by atoms with Crippen LogP contribution < -0.4 is 15.4 Å². The van der Waals surface area contributed by atoms with Gasteiger partial charge in [-0.25, -0.2) is 4.79 Å². The molecule has 120 valence electrons. The lowest BCUT2D eigenvalue weighted by Crippen LogP contribution is -2.43. The van der Waals surface area contributed by atoms with Crippen LogP contribution in [0.4, 0.5) is 4.79 Å². The standard InChI is InChI=1S/C16H23N3O3/c1-4-10-22-14-8-6-13(7-9-14)11-19(3)12-15(20)18-16(21)17-5-2/h4,6-9H,1,5,10-12H2,2-3H3,(H2,17,18,20,21). The van der Waals surface area contributed by atoms with E-state index in [9.17, 15) is 9.59 Å². The van der Waals surface area contributed by atoms with Crippen LogP contribution >= 0.6 is 0 Å². The Kier molecular flexibility index (Phi) is 7.70. The Balaban J connectivity index is 2.40. The van der Waals surface area contributed by atoms with E-state index in [0.29, 0.717) is 19.7 Å². The van der Waals surface area contributed by atoms with Crippen molar-refractivity contribution in [1.82, 2.24) is 15.5 Å². The first-order chi connectivity index (χ1) is 10.5. The zero-order chi connectivity index (χ0) is 16.4. The second-order valence-corrected chi connectivity index (χ2v) is 4.82. The largest absolute Gasteiger partial charge is 0.490 e. The number of hydrogen-bond acceptors (Lipinski definition) is 4. The number of benzene rings is 1. The Bertz CT molecular complexity index is 500. The molecule has 1 rings (SSSR count). The van der Waals surface area contributed by atoms with Crippen LogP contribution in [0.1, 0.15) is 12.5 Å². The Morgan fingerprint density at radius 1 is 1.32 bits per heavy atom. The third-order valence-electron chi connectivity index (χ3n) is 2.75. The highest BCUT2D eigenvalue weighted by Crippen LogP contribution is 2.13. The number of carbonyl (C=O) groups excluding carboxylic acids is 2. The summed E-state index contributed by atoms with van der Waals surface area (Å²) in [6.45, 7) is 7.08. The van der Waals surface area contributed by atoms with Crippen LogP contribution in [0.2, 0.25) is 0 Å². The second kappa shape index (κ2) is 9.57. The van der Waals surface area contributed by atoms with Crippen molar-refractivity contribution in [2.24, 2.45) is 0 Å². The number of ether oxygens (including phenoxy) is 1. The molecule has 1 aromatic rings. The van der Waals surface area contributed by atoms with Gasteiger partial charge < -0.3 is 10.1 Å². The van der Waals surface area contributed by atoms with Crippen molar-refractivity contribution in [3.63, 3.8) is 0 Å². The van der Waals surface area contributed by atoms with E-state index in [4.69, 9.17) is 4.74 Å². The molecule has 0 aliphatic heterocycles. The molecule has 3 amide bonds. The monoisotopic (exact) mass is 305 g/mol. The van der Waals surface area contributed by atoms with E-state index in [-0.39, 0.29) is 12.5 Å². The zero-order valence-corrected chi connectivity index (χ0v) is 13.1. The topological polar surface area (TPSA) is 70.7 Å². The van der Waals surface area contributed by atoms with Gasteiger partial charge in [-0.05, 0) is 31.7 Å². The van der Waals surface area contributed by atoms with Gasteiger partial charge in [0.25, 0.3) is 0 Å². The van der Waals surface area contributed by atoms with Gasteiger partial charge in [-0.3, -0.25) is 15.0 Å². The van der Waals surface area contributed by atoms with Crippen LogP contribution in [0, 0.1) is 0 Å². The number of urea groups is 1. The summed E-state index contributed by atoms with van der Waals surface area (Å²) in [7, 11) is 1.82. The van der Waals surface area contributed by atoms with Crippen LogP contribution in [0.5, 0.6) is 5.75 Å². The van der Waals surface area contributed by atoms with Crippen molar-refractivity contribution < 1.29 is 14.3 Å². The first kappa shape index (κ1) is 17.7. The maximum Gasteiger partial charge on any atom is 0.321 e. The molecular formula is C16H23N3O3. The molecule has 0 aliphatic carbocycles. The normalized spacial score (nSPS) is 10.1. The summed E-state index contributed by atoms with van der Waals surface area (Å²) in [5.74, 6) is 0.444. The van der Waals surface area contributed by atoms with Crippen LogP contribution in [-0.4, -0.2) is 43.6 Å².